The Morgan fingerprint density at radius 1 is 1.44 bits per heavy atom. The fourth-order valence-electron chi connectivity index (χ4n) is 2.18. The molecular formula is C14H18N2. The largest absolute Gasteiger partial charge is 0.381 e. The Bertz CT molecular complexity index is 413. The number of aryl methyl sites for hydroxylation is 1. The maximum absolute atomic E-state index is 9.08. The lowest BCUT2D eigenvalue weighted by atomic mass is 9.80. The van der Waals surface area contributed by atoms with Gasteiger partial charge in [0.25, 0.3) is 0 Å². The Balaban J connectivity index is 2.11. The molecule has 0 spiro atoms. The second-order valence-electron chi connectivity index (χ2n) is 4.78. The molecule has 2 nitrogen and oxygen atoms in total. The normalized spacial score (nSPS) is 17.3. The number of benzene rings is 1. The van der Waals surface area contributed by atoms with E-state index in [2.05, 4.69) is 24.4 Å². The first kappa shape index (κ1) is 11.0. The van der Waals surface area contributed by atoms with Gasteiger partial charge in [0.1, 0.15) is 6.07 Å². The molecule has 0 saturated heterocycles. The standard InChI is InChI=1S/C14H18N2/c1-10-6-7-14(13(8-10)9-15)16-11(2)12-4-3-5-12/h6-8,11-12,16H,3-5H2,1-2H3. The van der Waals surface area contributed by atoms with E-state index in [0.717, 1.165) is 22.7 Å². The summed E-state index contributed by atoms with van der Waals surface area (Å²) in [5.74, 6) is 0.785. The van der Waals surface area contributed by atoms with Gasteiger partial charge in [0.15, 0.2) is 0 Å². The van der Waals surface area contributed by atoms with Gasteiger partial charge < -0.3 is 5.32 Å². The lowest BCUT2D eigenvalue weighted by molar-refractivity contribution is 0.285. The first-order chi connectivity index (χ1) is 7.70. The Morgan fingerprint density at radius 3 is 2.75 bits per heavy atom. The fourth-order valence-corrected chi connectivity index (χ4v) is 2.18. The van der Waals surface area contributed by atoms with Crippen LogP contribution in [0.15, 0.2) is 18.2 Å². The number of hydrogen-bond acceptors (Lipinski definition) is 2. The molecular weight excluding hydrogens is 196 g/mol. The molecule has 0 aromatic heterocycles. The molecule has 1 aliphatic carbocycles. The van der Waals surface area contributed by atoms with Crippen LogP contribution < -0.4 is 5.32 Å². The highest BCUT2D eigenvalue weighted by Gasteiger charge is 2.24. The van der Waals surface area contributed by atoms with Crippen LogP contribution in [0.3, 0.4) is 0 Å². The molecule has 1 aromatic rings. The SMILES string of the molecule is Cc1ccc(NC(C)C2CCC2)c(C#N)c1. The lowest BCUT2D eigenvalue weighted by Gasteiger charge is -2.32. The Kier molecular flexibility index (Phi) is 3.14. The predicted molar refractivity (Wildman–Crippen MR) is 66.3 cm³/mol. The highest BCUT2D eigenvalue weighted by atomic mass is 14.9. The maximum Gasteiger partial charge on any atom is 0.101 e. The van der Waals surface area contributed by atoms with Crippen LogP contribution in [-0.4, -0.2) is 6.04 Å². The highest BCUT2D eigenvalue weighted by molar-refractivity contribution is 5.59. The molecule has 1 saturated carbocycles. The van der Waals surface area contributed by atoms with Crippen LogP contribution in [0.25, 0.3) is 0 Å². The third kappa shape index (κ3) is 2.19. The summed E-state index contributed by atoms with van der Waals surface area (Å²) in [6, 6.07) is 8.74. The van der Waals surface area contributed by atoms with E-state index < -0.39 is 0 Å². The molecule has 1 unspecified atom stereocenters. The zero-order valence-electron chi connectivity index (χ0n) is 9.96. The number of nitrogens with zero attached hydrogens (tertiary/aromatic N) is 1. The predicted octanol–water partition coefficient (Wildman–Crippen LogP) is 3.47. The van der Waals surface area contributed by atoms with Crippen LogP contribution in [-0.2, 0) is 0 Å². The van der Waals surface area contributed by atoms with E-state index in [0.29, 0.717) is 6.04 Å². The van der Waals surface area contributed by atoms with E-state index >= 15 is 0 Å². The van der Waals surface area contributed by atoms with Gasteiger partial charge in [-0.25, -0.2) is 0 Å². The van der Waals surface area contributed by atoms with Crippen molar-refractivity contribution in [3.63, 3.8) is 0 Å². The van der Waals surface area contributed by atoms with Gasteiger partial charge in [-0.05, 0) is 50.3 Å². The van der Waals surface area contributed by atoms with Crippen molar-refractivity contribution in [1.29, 1.82) is 5.26 Å². The van der Waals surface area contributed by atoms with Crippen LogP contribution in [0.2, 0.25) is 0 Å². The monoisotopic (exact) mass is 214 g/mol. The van der Waals surface area contributed by atoms with Crippen LogP contribution in [0.5, 0.6) is 0 Å². The second kappa shape index (κ2) is 4.57. The summed E-state index contributed by atoms with van der Waals surface area (Å²) in [6.45, 7) is 4.23. The van der Waals surface area contributed by atoms with Gasteiger partial charge in [-0.3, -0.25) is 0 Å². The molecule has 2 rings (SSSR count). The Labute approximate surface area is 97.3 Å². The van der Waals surface area contributed by atoms with Crippen LogP contribution >= 0.6 is 0 Å². The summed E-state index contributed by atoms with van der Waals surface area (Å²) in [6.07, 6.45) is 4.00. The minimum Gasteiger partial charge on any atom is -0.381 e. The van der Waals surface area contributed by atoms with E-state index in [1.165, 1.54) is 19.3 Å². The average Bonchev–Trinajstić information content (AvgIpc) is 2.18. The first-order valence-corrected chi connectivity index (χ1v) is 5.98. The van der Waals surface area contributed by atoms with E-state index in [1.807, 2.05) is 19.1 Å². The number of nitriles is 1. The summed E-state index contributed by atoms with van der Waals surface area (Å²) in [5.41, 5.74) is 2.87. The molecule has 0 aliphatic heterocycles. The molecule has 0 radical (unpaired) electrons. The quantitative estimate of drug-likeness (QED) is 0.836. The molecule has 1 fully saturated rings. The molecule has 0 bridgehead atoms. The van der Waals surface area contributed by atoms with E-state index in [4.69, 9.17) is 5.26 Å². The van der Waals surface area contributed by atoms with Gasteiger partial charge in [-0.15, -0.1) is 0 Å². The van der Waals surface area contributed by atoms with Crippen molar-refractivity contribution >= 4 is 5.69 Å². The Hall–Kier alpha value is -1.49. The number of nitrogens with one attached hydrogen (secondary N) is 1. The van der Waals surface area contributed by atoms with E-state index in [1.54, 1.807) is 0 Å². The zero-order valence-corrected chi connectivity index (χ0v) is 9.96. The van der Waals surface area contributed by atoms with Gasteiger partial charge in [-0.1, -0.05) is 12.5 Å². The third-order valence-corrected chi connectivity index (χ3v) is 3.54. The minimum absolute atomic E-state index is 0.476. The molecule has 2 heteroatoms. The van der Waals surface area contributed by atoms with E-state index in [9.17, 15) is 0 Å². The van der Waals surface area contributed by atoms with Crippen LogP contribution in [0, 0.1) is 24.2 Å². The van der Waals surface area contributed by atoms with Crippen molar-refractivity contribution in [2.24, 2.45) is 5.92 Å². The zero-order chi connectivity index (χ0) is 11.5. The van der Waals surface area contributed by atoms with Gasteiger partial charge >= 0.3 is 0 Å². The molecule has 1 aromatic carbocycles. The molecule has 1 atom stereocenters. The number of rotatable bonds is 3. The molecule has 84 valence electrons. The summed E-state index contributed by atoms with van der Waals surface area (Å²) in [7, 11) is 0. The minimum atomic E-state index is 0.476. The van der Waals surface area contributed by atoms with Crippen molar-refractivity contribution in [2.75, 3.05) is 5.32 Å². The van der Waals surface area contributed by atoms with Crippen molar-refractivity contribution in [2.45, 2.75) is 39.2 Å². The van der Waals surface area contributed by atoms with Crippen molar-refractivity contribution in [3.8, 4) is 6.07 Å². The lowest BCUT2D eigenvalue weighted by Crippen LogP contribution is -2.31. The third-order valence-electron chi connectivity index (χ3n) is 3.54. The van der Waals surface area contributed by atoms with Gasteiger partial charge in [0.05, 0.1) is 11.3 Å². The van der Waals surface area contributed by atoms with Crippen LogP contribution in [0.4, 0.5) is 5.69 Å². The molecule has 0 heterocycles. The van der Waals surface area contributed by atoms with Gasteiger partial charge in [0.2, 0.25) is 0 Å². The topological polar surface area (TPSA) is 35.8 Å². The summed E-state index contributed by atoms with van der Waals surface area (Å²) < 4.78 is 0. The fraction of sp³-hybridized carbons (Fsp3) is 0.500. The van der Waals surface area contributed by atoms with E-state index in [-0.39, 0.29) is 0 Å². The molecule has 1 N–H and O–H groups in total. The molecule has 0 amide bonds. The summed E-state index contributed by atoms with van der Waals surface area (Å²) >= 11 is 0. The first-order valence-electron chi connectivity index (χ1n) is 5.98. The summed E-state index contributed by atoms with van der Waals surface area (Å²) in [5, 5.41) is 12.5. The van der Waals surface area contributed by atoms with Crippen molar-refractivity contribution in [3.05, 3.63) is 29.3 Å². The highest BCUT2D eigenvalue weighted by Crippen LogP contribution is 2.31. The average molecular weight is 214 g/mol. The smallest absolute Gasteiger partial charge is 0.101 e. The summed E-state index contributed by atoms with van der Waals surface area (Å²) in [4.78, 5) is 0. The van der Waals surface area contributed by atoms with Gasteiger partial charge in [-0.2, -0.15) is 5.26 Å². The maximum atomic E-state index is 9.08. The molecule has 1 aliphatic rings. The second-order valence-corrected chi connectivity index (χ2v) is 4.78. The Morgan fingerprint density at radius 2 is 2.19 bits per heavy atom. The molecule has 16 heavy (non-hydrogen) atoms. The number of anilines is 1. The van der Waals surface area contributed by atoms with Gasteiger partial charge in [0, 0.05) is 6.04 Å². The van der Waals surface area contributed by atoms with Crippen molar-refractivity contribution < 1.29 is 0 Å². The number of hydrogen-bond donors (Lipinski definition) is 1. The van der Waals surface area contributed by atoms with Crippen molar-refractivity contribution in [1.82, 2.24) is 0 Å². The van der Waals surface area contributed by atoms with Crippen LogP contribution in [0.1, 0.15) is 37.3 Å².